The second kappa shape index (κ2) is 7.09. The van der Waals surface area contributed by atoms with Gasteiger partial charge in [0.1, 0.15) is 5.82 Å². The first-order valence-corrected chi connectivity index (χ1v) is 6.36. The van der Waals surface area contributed by atoms with Gasteiger partial charge in [-0.05, 0) is 26.3 Å². The minimum Gasteiger partial charge on any atom is -0.493 e. The highest BCUT2D eigenvalue weighted by atomic mass is 19.1. The molecule has 1 aromatic carbocycles. The number of halogens is 1. The predicted molar refractivity (Wildman–Crippen MR) is 72.5 cm³/mol. The highest BCUT2D eigenvalue weighted by Crippen LogP contribution is 2.33. The number of carboxylic acids is 1. The van der Waals surface area contributed by atoms with E-state index in [4.69, 9.17) is 20.3 Å². The Balaban J connectivity index is 3.03. The van der Waals surface area contributed by atoms with Crippen molar-refractivity contribution in [2.75, 3.05) is 7.11 Å². The molecular weight excluding hydrogens is 265 g/mol. The lowest BCUT2D eigenvalue weighted by Crippen LogP contribution is -2.15. The molecule has 0 radical (unpaired) electrons. The number of methoxy groups -OCH3 is 1. The maximum absolute atomic E-state index is 14.0. The average Bonchev–Trinajstić information content (AvgIpc) is 2.36. The molecule has 112 valence electrons. The van der Waals surface area contributed by atoms with E-state index >= 15 is 0 Å². The molecule has 0 aliphatic rings. The fourth-order valence-electron chi connectivity index (χ4n) is 1.78. The van der Waals surface area contributed by atoms with Crippen LogP contribution in [-0.2, 0) is 4.79 Å². The zero-order valence-electron chi connectivity index (χ0n) is 11.9. The van der Waals surface area contributed by atoms with Crippen molar-refractivity contribution < 1.29 is 23.8 Å². The maximum atomic E-state index is 14.0. The van der Waals surface area contributed by atoms with Gasteiger partial charge in [0.15, 0.2) is 11.5 Å². The Morgan fingerprint density at radius 3 is 2.55 bits per heavy atom. The summed E-state index contributed by atoms with van der Waals surface area (Å²) in [4.78, 5) is 10.5. The van der Waals surface area contributed by atoms with Gasteiger partial charge in [0.2, 0.25) is 0 Å². The van der Waals surface area contributed by atoms with Gasteiger partial charge in [-0.2, -0.15) is 0 Å². The van der Waals surface area contributed by atoms with E-state index in [1.54, 1.807) is 0 Å². The Morgan fingerprint density at radius 1 is 1.40 bits per heavy atom. The highest BCUT2D eigenvalue weighted by molar-refractivity contribution is 5.66. The van der Waals surface area contributed by atoms with Gasteiger partial charge < -0.3 is 20.3 Å². The first-order chi connectivity index (χ1) is 9.35. The number of carboxylic acid groups (broad SMARTS) is 1. The number of hydrogen-bond acceptors (Lipinski definition) is 4. The minimum absolute atomic E-state index is 0.0996. The Bertz CT molecular complexity index is 476. The van der Waals surface area contributed by atoms with Gasteiger partial charge in [0.05, 0.1) is 13.2 Å². The Kier molecular flexibility index (Phi) is 5.76. The predicted octanol–water partition coefficient (Wildman–Crippen LogP) is 2.49. The van der Waals surface area contributed by atoms with E-state index in [-0.39, 0.29) is 30.3 Å². The number of benzene rings is 1. The summed E-state index contributed by atoms with van der Waals surface area (Å²) in [5.41, 5.74) is 6.06. The third-order valence-corrected chi connectivity index (χ3v) is 2.71. The van der Waals surface area contributed by atoms with Crippen LogP contribution >= 0.6 is 0 Å². The summed E-state index contributed by atoms with van der Waals surface area (Å²) in [5, 5.41) is 8.64. The molecule has 0 spiro atoms. The molecule has 1 unspecified atom stereocenters. The molecule has 0 aromatic heterocycles. The van der Waals surface area contributed by atoms with Gasteiger partial charge in [0.25, 0.3) is 0 Å². The molecule has 0 amide bonds. The van der Waals surface area contributed by atoms with E-state index in [2.05, 4.69) is 0 Å². The lowest BCUT2D eigenvalue weighted by atomic mass is 10.0. The molecule has 0 saturated carbocycles. The number of aliphatic carboxylic acids is 1. The molecule has 20 heavy (non-hydrogen) atoms. The summed E-state index contributed by atoms with van der Waals surface area (Å²) in [6.07, 6.45) is -0.0651. The topological polar surface area (TPSA) is 81.8 Å². The SMILES string of the molecule is COc1cc(F)c(C(N)CCC(=O)O)cc1OC(C)C. The summed E-state index contributed by atoms with van der Waals surface area (Å²) in [6.45, 7) is 3.68. The summed E-state index contributed by atoms with van der Waals surface area (Å²) >= 11 is 0. The fourth-order valence-corrected chi connectivity index (χ4v) is 1.78. The molecule has 1 atom stereocenters. The average molecular weight is 285 g/mol. The van der Waals surface area contributed by atoms with E-state index in [1.165, 1.54) is 19.2 Å². The Hall–Kier alpha value is -1.82. The standard InChI is InChI=1S/C14H20FNO4/c1-8(2)20-13-6-9(10(15)7-12(13)19-3)11(16)4-5-14(17)18/h6-8,11H,4-5,16H2,1-3H3,(H,17,18). The van der Waals surface area contributed by atoms with E-state index in [0.717, 1.165) is 0 Å². The Morgan fingerprint density at radius 2 is 2.05 bits per heavy atom. The Labute approximate surface area is 117 Å². The van der Waals surface area contributed by atoms with Crippen LogP contribution in [0.5, 0.6) is 11.5 Å². The largest absolute Gasteiger partial charge is 0.493 e. The molecule has 1 rings (SSSR count). The lowest BCUT2D eigenvalue weighted by molar-refractivity contribution is -0.137. The zero-order valence-corrected chi connectivity index (χ0v) is 11.9. The van der Waals surface area contributed by atoms with E-state index < -0.39 is 17.8 Å². The van der Waals surface area contributed by atoms with Gasteiger partial charge >= 0.3 is 5.97 Å². The van der Waals surface area contributed by atoms with Crippen LogP contribution in [0, 0.1) is 5.82 Å². The van der Waals surface area contributed by atoms with Crippen LogP contribution in [0.1, 0.15) is 38.3 Å². The van der Waals surface area contributed by atoms with Gasteiger partial charge in [-0.15, -0.1) is 0 Å². The van der Waals surface area contributed by atoms with Gasteiger partial charge in [-0.3, -0.25) is 4.79 Å². The molecule has 0 aliphatic heterocycles. The molecule has 0 saturated heterocycles. The number of carbonyl (C=O) groups is 1. The molecule has 0 heterocycles. The molecule has 6 heteroatoms. The van der Waals surface area contributed by atoms with Gasteiger partial charge in [-0.25, -0.2) is 4.39 Å². The van der Waals surface area contributed by atoms with Crippen LogP contribution in [-0.4, -0.2) is 24.3 Å². The van der Waals surface area contributed by atoms with Crippen LogP contribution in [0.3, 0.4) is 0 Å². The van der Waals surface area contributed by atoms with Crippen molar-refractivity contribution in [1.82, 2.24) is 0 Å². The quantitative estimate of drug-likeness (QED) is 0.804. The van der Waals surface area contributed by atoms with Crippen LogP contribution in [0.15, 0.2) is 12.1 Å². The summed E-state index contributed by atoms with van der Waals surface area (Å²) < 4.78 is 24.6. The second-order valence-electron chi connectivity index (χ2n) is 4.73. The number of ether oxygens (including phenoxy) is 2. The molecule has 5 nitrogen and oxygen atoms in total. The monoisotopic (exact) mass is 285 g/mol. The molecule has 0 aliphatic carbocycles. The van der Waals surface area contributed by atoms with E-state index in [0.29, 0.717) is 5.75 Å². The first kappa shape index (κ1) is 16.2. The van der Waals surface area contributed by atoms with E-state index in [9.17, 15) is 9.18 Å². The van der Waals surface area contributed by atoms with Crippen LogP contribution in [0.25, 0.3) is 0 Å². The lowest BCUT2D eigenvalue weighted by Gasteiger charge is -2.18. The van der Waals surface area contributed by atoms with Crippen molar-refractivity contribution in [1.29, 1.82) is 0 Å². The van der Waals surface area contributed by atoms with Crippen LogP contribution < -0.4 is 15.2 Å². The molecule has 0 bridgehead atoms. The van der Waals surface area contributed by atoms with Gasteiger partial charge in [-0.1, -0.05) is 0 Å². The summed E-state index contributed by atoms with van der Waals surface area (Å²) in [6, 6.07) is 1.97. The van der Waals surface area contributed by atoms with Crippen molar-refractivity contribution in [3.8, 4) is 11.5 Å². The highest BCUT2D eigenvalue weighted by Gasteiger charge is 2.18. The first-order valence-electron chi connectivity index (χ1n) is 6.36. The normalized spacial score (nSPS) is 12.3. The van der Waals surface area contributed by atoms with E-state index in [1.807, 2.05) is 13.8 Å². The van der Waals surface area contributed by atoms with Crippen LogP contribution in [0.4, 0.5) is 4.39 Å². The third kappa shape index (κ3) is 4.38. The van der Waals surface area contributed by atoms with Crippen molar-refractivity contribution in [3.05, 3.63) is 23.5 Å². The van der Waals surface area contributed by atoms with Crippen LogP contribution in [0.2, 0.25) is 0 Å². The third-order valence-electron chi connectivity index (χ3n) is 2.71. The smallest absolute Gasteiger partial charge is 0.303 e. The fraction of sp³-hybridized carbons (Fsp3) is 0.500. The molecule has 3 N–H and O–H groups in total. The van der Waals surface area contributed by atoms with Crippen molar-refractivity contribution in [2.24, 2.45) is 5.73 Å². The second-order valence-corrected chi connectivity index (χ2v) is 4.73. The maximum Gasteiger partial charge on any atom is 0.303 e. The molecule has 0 fully saturated rings. The molecule has 1 aromatic rings. The van der Waals surface area contributed by atoms with Crippen molar-refractivity contribution in [3.63, 3.8) is 0 Å². The summed E-state index contributed by atoms with van der Waals surface area (Å²) in [7, 11) is 1.42. The van der Waals surface area contributed by atoms with Gasteiger partial charge in [0, 0.05) is 24.1 Å². The molecular formula is C14H20FNO4. The van der Waals surface area contributed by atoms with Crippen molar-refractivity contribution in [2.45, 2.75) is 38.8 Å². The number of nitrogens with two attached hydrogens (primary N) is 1. The number of hydrogen-bond donors (Lipinski definition) is 2. The summed E-state index contributed by atoms with van der Waals surface area (Å²) in [5.74, 6) is -0.820. The minimum atomic E-state index is -0.965. The zero-order chi connectivity index (χ0) is 15.3. The van der Waals surface area contributed by atoms with Crippen molar-refractivity contribution >= 4 is 5.97 Å². The number of rotatable bonds is 7.